The average Bonchev–Trinajstić information content (AvgIpc) is 2.56. The van der Waals surface area contributed by atoms with E-state index in [0.717, 1.165) is 18.3 Å². The summed E-state index contributed by atoms with van der Waals surface area (Å²) in [6, 6.07) is 10.7. The lowest BCUT2D eigenvalue weighted by Crippen LogP contribution is -2.45. The smallest absolute Gasteiger partial charge is 0.226 e. The number of aromatic nitrogens is 2. The van der Waals surface area contributed by atoms with Gasteiger partial charge in [0.2, 0.25) is 5.95 Å². The van der Waals surface area contributed by atoms with Gasteiger partial charge in [-0.05, 0) is 31.0 Å². The molecular formula is C18H24N4O. The van der Waals surface area contributed by atoms with Gasteiger partial charge in [-0.2, -0.15) is 4.98 Å². The molecule has 1 aromatic carbocycles. The predicted molar refractivity (Wildman–Crippen MR) is 93.0 cm³/mol. The molecule has 1 aromatic heterocycles. The van der Waals surface area contributed by atoms with E-state index in [4.69, 9.17) is 4.74 Å². The highest BCUT2D eigenvalue weighted by atomic mass is 16.5. The molecule has 3 rings (SSSR count). The minimum Gasteiger partial charge on any atom is -0.370 e. The fourth-order valence-corrected chi connectivity index (χ4v) is 2.93. The Labute approximate surface area is 137 Å². The Morgan fingerprint density at radius 3 is 2.74 bits per heavy atom. The molecule has 0 bridgehead atoms. The van der Waals surface area contributed by atoms with Crippen molar-refractivity contribution in [2.24, 2.45) is 0 Å². The second-order valence-electron chi connectivity index (χ2n) is 6.29. The van der Waals surface area contributed by atoms with E-state index < -0.39 is 0 Å². The monoisotopic (exact) mass is 312 g/mol. The molecule has 0 spiro atoms. The summed E-state index contributed by atoms with van der Waals surface area (Å²) in [6.45, 7) is 5.80. The summed E-state index contributed by atoms with van der Waals surface area (Å²) in [5, 5.41) is 0. The summed E-state index contributed by atoms with van der Waals surface area (Å²) in [7, 11) is 3.91. The van der Waals surface area contributed by atoms with E-state index in [1.807, 2.05) is 31.3 Å². The lowest BCUT2D eigenvalue weighted by atomic mass is 10.0. The molecule has 0 saturated carbocycles. The Morgan fingerprint density at radius 2 is 2.00 bits per heavy atom. The molecule has 2 atom stereocenters. The van der Waals surface area contributed by atoms with Crippen LogP contribution in [0.3, 0.4) is 0 Å². The third-order valence-corrected chi connectivity index (χ3v) is 4.29. The van der Waals surface area contributed by atoms with Crippen molar-refractivity contribution in [1.29, 1.82) is 0 Å². The van der Waals surface area contributed by atoms with Crippen molar-refractivity contribution in [3.05, 3.63) is 47.7 Å². The number of hydrogen-bond acceptors (Lipinski definition) is 5. The van der Waals surface area contributed by atoms with Crippen LogP contribution in [-0.2, 0) is 4.74 Å². The number of morpholine rings is 1. The summed E-state index contributed by atoms with van der Waals surface area (Å²) in [6.07, 6.45) is 1.90. The molecule has 5 heteroatoms. The molecule has 0 radical (unpaired) electrons. The van der Waals surface area contributed by atoms with E-state index in [2.05, 4.69) is 53.0 Å². The van der Waals surface area contributed by atoms with Gasteiger partial charge in [0, 0.05) is 20.3 Å². The van der Waals surface area contributed by atoms with Crippen molar-refractivity contribution < 1.29 is 4.74 Å². The molecule has 0 aliphatic carbocycles. The van der Waals surface area contributed by atoms with Gasteiger partial charge in [-0.3, -0.25) is 0 Å². The minimum atomic E-state index is 0.0742. The Bertz CT molecular complexity index is 674. The number of nitrogens with zero attached hydrogens (tertiary/aromatic N) is 4. The van der Waals surface area contributed by atoms with Crippen LogP contribution >= 0.6 is 0 Å². The molecule has 1 fully saturated rings. The fourth-order valence-electron chi connectivity index (χ4n) is 2.93. The van der Waals surface area contributed by atoms with Gasteiger partial charge in [-0.1, -0.05) is 24.3 Å². The van der Waals surface area contributed by atoms with E-state index in [9.17, 15) is 0 Å². The predicted octanol–water partition coefficient (Wildman–Crippen LogP) is 2.82. The van der Waals surface area contributed by atoms with Gasteiger partial charge < -0.3 is 14.5 Å². The first-order chi connectivity index (χ1) is 11.1. The van der Waals surface area contributed by atoms with Crippen LogP contribution in [0.5, 0.6) is 0 Å². The van der Waals surface area contributed by atoms with Crippen molar-refractivity contribution in [1.82, 2.24) is 9.97 Å². The average molecular weight is 312 g/mol. The highest BCUT2D eigenvalue weighted by Gasteiger charge is 2.29. The van der Waals surface area contributed by atoms with Gasteiger partial charge in [-0.25, -0.2) is 4.98 Å². The number of hydrogen-bond donors (Lipinski definition) is 0. The second kappa shape index (κ2) is 6.54. The van der Waals surface area contributed by atoms with Gasteiger partial charge in [0.25, 0.3) is 0 Å². The van der Waals surface area contributed by atoms with Gasteiger partial charge in [0.05, 0.1) is 19.2 Å². The Morgan fingerprint density at radius 1 is 1.22 bits per heavy atom. The lowest BCUT2D eigenvalue weighted by Gasteiger charge is -2.39. The molecule has 2 aromatic rings. The van der Waals surface area contributed by atoms with Crippen LogP contribution in [0.2, 0.25) is 0 Å². The Kier molecular flexibility index (Phi) is 4.48. The highest BCUT2D eigenvalue weighted by molar-refractivity contribution is 5.45. The van der Waals surface area contributed by atoms with Crippen LogP contribution in [-0.4, -0.2) is 43.3 Å². The zero-order valence-corrected chi connectivity index (χ0v) is 14.2. The first-order valence-corrected chi connectivity index (χ1v) is 8.00. The first kappa shape index (κ1) is 15.7. The zero-order chi connectivity index (χ0) is 16.4. The van der Waals surface area contributed by atoms with E-state index in [-0.39, 0.29) is 6.10 Å². The SMILES string of the molecule is Cc1ccccc1C1CN(c2ccnc(N(C)C)n2)C(C)CO1. The highest BCUT2D eigenvalue weighted by Crippen LogP contribution is 2.30. The summed E-state index contributed by atoms with van der Waals surface area (Å²) in [5.41, 5.74) is 2.52. The van der Waals surface area contributed by atoms with Crippen LogP contribution in [0, 0.1) is 6.92 Å². The van der Waals surface area contributed by atoms with Gasteiger partial charge in [0.15, 0.2) is 0 Å². The first-order valence-electron chi connectivity index (χ1n) is 8.00. The Balaban J connectivity index is 1.87. The topological polar surface area (TPSA) is 41.5 Å². The molecule has 1 saturated heterocycles. The zero-order valence-electron chi connectivity index (χ0n) is 14.2. The summed E-state index contributed by atoms with van der Waals surface area (Å²) >= 11 is 0. The lowest BCUT2D eigenvalue weighted by molar-refractivity contribution is 0.0209. The summed E-state index contributed by atoms with van der Waals surface area (Å²) < 4.78 is 6.09. The molecule has 1 aliphatic heterocycles. The number of ether oxygens (including phenoxy) is 1. The van der Waals surface area contributed by atoms with Crippen molar-refractivity contribution >= 4 is 11.8 Å². The Hall–Kier alpha value is -2.14. The third-order valence-electron chi connectivity index (χ3n) is 4.29. The number of aryl methyl sites for hydroxylation is 1. The van der Waals surface area contributed by atoms with Crippen LogP contribution < -0.4 is 9.80 Å². The number of anilines is 2. The van der Waals surface area contributed by atoms with Gasteiger partial charge in [0.1, 0.15) is 11.9 Å². The van der Waals surface area contributed by atoms with Crippen molar-refractivity contribution in [3.63, 3.8) is 0 Å². The number of rotatable bonds is 3. The van der Waals surface area contributed by atoms with Gasteiger partial charge in [-0.15, -0.1) is 0 Å². The second-order valence-corrected chi connectivity index (χ2v) is 6.29. The molecule has 2 unspecified atom stereocenters. The molecule has 0 N–H and O–H groups in total. The normalized spacial score (nSPS) is 21.3. The standard InChI is InChI=1S/C18H24N4O/c1-13-7-5-6-8-15(13)16-11-22(14(2)12-23-16)17-9-10-19-18(20-17)21(3)4/h5-10,14,16H,11-12H2,1-4H3. The van der Waals surface area contributed by atoms with E-state index in [0.29, 0.717) is 12.6 Å². The summed E-state index contributed by atoms with van der Waals surface area (Å²) in [5.74, 6) is 1.69. The summed E-state index contributed by atoms with van der Waals surface area (Å²) in [4.78, 5) is 13.2. The molecular weight excluding hydrogens is 288 g/mol. The third kappa shape index (κ3) is 3.29. The van der Waals surface area contributed by atoms with E-state index in [1.165, 1.54) is 11.1 Å². The van der Waals surface area contributed by atoms with Crippen LogP contribution in [0.1, 0.15) is 24.2 Å². The maximum atomic E-state index is 6.09. The maximum absolute atomic E-state index is 6.09. The van der Waals surface area contributed by atoms with Crippen LogP contribution in [0.25, 0.3) is 0 Å². The van der Waals surface area contributed by atoms with E-state index in [1.54, 1.807) is 0 Å². The van der Waals surface area contributed by atoms with Crippen molar-refractivity contribution in [2.75, 3.05) is 37.0 Å². The van der Waals surface area contributed by atoms with Crippen molar-refractivity contribution in [2.45, 2.75) is 26.0 Å². The van der Waals surface area contributed by atoms with Crippen LogP contribution in [0.4, 0.5) is 11.8 Å². The quantitative estimate of drug-likeness (QED) is 0.872. The van der Waals surface area contributed by atoms with Crippen LogP contribution in [0.15, 0.2) is 36.5 Å². The molecule has 23 heavy (non-hydrogen) atoms. The molecule has 1 aliphatic rings. The fraction of sp³-hybridized carbons (Fsp3) is 0.444. The minimum absolute atomic E-state index is 0.0742. The maximum Gasteiger partial charge on any atom is 0.226 e. The molecule has 2 heterocycles. The largest absolute Gasteiger partial charge is 0.370 e. The van der Waals surface area contributed by atoms with Crippen molar-refractivity contribution in [3.8, 4) is 0 Å². The molecule has 122 valence electrons. The molecule has 0 amide bonds. The van der Waals surface area contributed by atoms with E-state index >= 15 is 0 Å². The van der Waals surface area contributed by atoms with Gasteiger partial charge >= 0.3 is 0 Å². The number of benzene rings is 1. The molecule has 5 nitrogen and oxygen atoms in total.